The minimum atomic E-state index is 0.304. The third kappa shape index (κ3) is 3.45. The van der Waals surface area contributed by atoms with E-state index in [1.54, 1.807) is 0 Å². The third-order valence-electron chi connectivity index (χ3n) is 1.35. The number of rotatable bonds is 3. The van der Waals surface area contributed by atoms with E-state index in [2.05, 4.69) is 26.3 Å². The van der Waals surface area contributed by atoms with E-state index >= 15 is 0 Å². The Labute approximate surface area is 103 Å². The summed E-state index contributed by atoms with van der Waals surface area (Å²) in [6.07, 6.45) is 1.23. The molecule has 1 rings (SSSR count). The van der Waals surface area contributed by atoms with Crippen LogP contribution in [0.25, 0.3) is 0 Å². The standard InChI is InChI=1S/C7H6N2Se4/c8-3-5-6(4-9)13-7(12-5)1-2-11-10/h7,10H,1-2H2. The van der Waals surface area contributed by atoms with Crippen molar-refractivity contribution in [2.45, 2.75) is 15.5 Å². The minimum absolute atomic E-state index is 0.304. The van der Waals surface area contributed by atoms with Gasteiger partial charge in [0.1, 0.15) is 0 Å². The average molecular weight is 434 g/mol. The number of hydrogen-bond acceptors (Lipinski definition) is 2. The van der Waals surface area contributed by atoms with E-state index in [4.69, 9.17) is 10.5 Å². The number of nitriles is 2. The van der Waals surface area contributed by atoms with Crippen LogP contribution in [-0.2, 0) is 0 Å². The molecule has 0 N–H and O–H groups in total. The van der Waals surface area contributed by atoms with Crippen molar-refractivity contribution in [3.8, 4) is 12.1 Å². The Morgan fingerprint density at radius 2 is 1.85 bits per heavy atom. The molecule has 6 heteroatoms. The molecule has 0 aromatic rings. The fraction of sp³-hybridized carbons (Fsp3) is 0.429. The van der Waals surface area contributed by atoms with Gasteiger partial charge in [-0.3, -0.25) is 0 Å². The van der Waals surface area contributed by atoms with Crippen LogP contribution in [0.2, 0.25) is 9.03 Å². The molecular formula is C7H6N2Se4. The summed E-state index contributed by atoms with van der Waals surface area (Å²) in [5, 5.41) is 18.8. The Hall–Kier alpha value is 0.798. The molecule has 1 aliphatic rings. The first-order valence-corrected chi connectivity index (χ1v) is 13.1. The van der Waals surface area contributed by atoms with Crippen molar-refractivity contribution in [1.82, 2.24) is 0 Å². The Kier molecular flexibility index (Phi) is 5.76. The molecular weight excluding hydrogens is 428 g/mol. The Bertz CT molecular complexity index is 273. The van der Waals surface area contributed by atoms with Crippen LogP contribution >= 0.6 is 0 Å². The number of nitrogens with zero attached hydrogens (tertiary/aromatic N) is 2. The van der Waals surface area contributed by atoms with E-state index < -0.39 is 0 Å². The normalized spacial score (nSPS) is 17.2. The Balaban J connectivity index is 2.50. The van der Waals surface area contributed by atoms with E-state index in [0.717, 1.165) is 8.94 Å². The quantitative estimate of drug-likeness (QED) is 0.576. The van der Waals surface area contributed by atoms with Crippen molar-refractivity contribution < 1.29 is 0 Å². The fourth-order valence-corrected chi connectivity index (χ4v) is 10.9. The molecule has 2 nitrogen and oxygen atoms in total. The first-order valence-electron chi connectivity index (χ1n) is 3.46. The van der Waals surface area contributed by atoms with Crippen molar-refractivity contribution >= 4 is 57.2 Å². The second kappa shape index (κ2) is 6.31. The summed E-state index contributed by atoms with van der Waals surface area (Å²) < 4.78 is 2.33. The van der Waals surface area contributed by atoms with E-state index in [1.807, 2.05) is 0 Å². The van der Waals surface area contributed by atoms with Gasteiger partial charge in [-0.15, -0.1) is 0 Å². The van der Waals surface area contributed by atoms with Gasteiger partial charge in [0, 0.05) is 0 Å². The van der Waals surface area contributed by atoms with Crippen LogP contribution in [0.15, 0.2) is 8.94 Å². The molecule has 0 radical (unpaired) electrons. The first-order chi connectivity index (χ1) is 6.31. The van der Waals surface area contributed by atoms with Gasteiger partial charge in [0.15, 0.2) is 0 Å². The summed E-state index contributed by atoms with van der Waals surface area (Å²) in [4.78, 5) is 0. The molecule has 0 fully saturated rings. The van der Waals surface area contributed by atoms with Gasteiger partial charge in [0.25, 0.3) is 0 Å². The van der Waals surface area contributed by atoms with Crippen LogP contribution in [0.4, 0.5) is 0 Å². The number of hydrogen-bond donors (Lipinski definition) is 0. The third-order valence-corrected chi connectivity index (χ3v) is 11.3. The Morgan fingerprint density at radius 1 is 1.31 bits per heavy atom. The van der Waals surface area contributed by atoms with Crippen LogP contribution in [0, 0.1) is 22.7 Å². The molecule has 0 spiro atoms. The molecule has 0 aliphatic carbocycles. The number of allylic oxidation sites excluding steroid dienone is 2. The van der Waals surface area contributed by atoms with E-state index in [1.165, 1.54) is 11.7 Å². The van der Waals surface area contributed by atoms with Gasteiger partial charge in [-0.25, -0.2) is 0 Å². The molecule has 1 heterocycles. The van der Waals surface area contributed by atoms with Crippen molar-refractivity contribution in [3.05, 3.63) is 8.94 Å². The predicted molar refractivity (Wildman–Crippen MR) is 55.8 cm³/mol. The zero-order chi connectivity index (χ0) is 9.68. The molecule has 0 amide bonds. The predicted octanol–water partition coefficient (Wildman–Crippen LogP) is -0.258. The molecule has 1 aliphatic heterocycles. The van der Waals surface area contributed by atoms with E-state index in [9.17, 15) is 0 Å². The monoisotopic (exact) mass is 438 g/mol. The van der Waals surface area contributed by atoms with Gasteiger partial charge in [-0.1, -0.05) is 0 Å². The van der Waals surface area contributed by atoms with E-state index in [-0.39, 0.29) is 0 Å². The van der Waals surface area contributed by atoms with Gasteiger partial charge in [-0.2, -0.15) is 0 Å². The summed E-state index contributed by atoms with van der Waals surface area (Å²) in [7, 11) is 0. The molecule has 0 saturated heterocycles. The molecule has 13 heavy (non-hydrogen) atoms. The van der Waals surface area contributed by atoms with E-state index in [0.29, 0.717) is 46.8 Å². The second-order valence-electron chi connectivity index (χ2n) is 2.17. The molecule has 0 bridgehead atoms. The topological polar surface area (TPSA) is 47.6 Å². The molecule has 68 valence electrons. The zero-order valence-electron chi connectivity index (χ0n) is 6.56. The van der Waals surface area contributed by atoms with Crippen LogP contribution < -0.4 is 0 Å². The fourth-order valence-electron chi connectivity index (χ4n) is 0.815. The van der Waals surface area contributed by atoms with Gasteiger partial charge >= 0.3 is 104 Å². The van der Waals surface area contributed by atoms with Gasteiger partial charge in [0.2, 0.25) is 0 Å². The molecule has 0 aromatic heterocycles. The second-order valence-corrected chi connectivity index (χ2v) is 13.0. The zero-order valence-corrected chi connectivity index (χ0v) is 13.6. The molecule has 0 atom stereocenters. The SMILES string of the molecule is N#CC1=C(C#N)[Se]C(CC[Se][SeH])[Se]1. The van der Waals surface area contributed by atoms with Crippen LogP contribution in [0.1, 0.15) is 6.42 Å². The summed E-state index contributed by atoms with van der Waals surface area (Å²) in [6.45, 7) is 0. The van der Waals surface area contributed by atoms with Crippen molar-refractivity contribution in [3.63, 3.8) is 0 Å². The van der Waals surface area contributed by atoms with Crippen LogP contribution in [0.5, 0.6) is 0 Å². The van der Waals surface area contributed by atoms with Crippen molar-refractivity contribution in [1.29, 1.82) is 10.5 Å². The average Bonchev–Trinajstić information content (AvgIpc) is 2.57. The van der Waals surface area contributed by atoms with Crippen molar-refractivity contribution in [2.75, 3.05) is 0 Å². The van der Waals surface area contributed by atoms with Crippen LogP contribution in [0.3, 0.4) is 0 Å². The van der Waals surface area contributed by atoms with Crippen molar-refractivity contribution in [2.24, 2.45) is 0 Å². The summed E-state index contributed by atoms with van der Waals surface area (Å²) in [5.41, 5.74) is 0. The van der Waals surface area contributed by atoms with Gasteiger partial charge in [0.05, 0.1) is 0 Å². The van der Waals surface area contributed by atoms with Crippen LogP contribution in [-0.4, -0.2) is 57.2 Å². The summed E-state index contributed by atoms with van der Waals surface area (Å²) in [6, 6.07) is 4.35. The first kappa shape index (κ1) is 11.9. The molecule has 0 aromatic carbocycles. The van der Waals surface area contributed by atoms with Gasteiger partial charge < -0.3 is 0 Å². The maximum atomic E-state index is 8.78. The molecule has 0 saturated carbocycles. The Morgan fingerprint density at radius 3 is 2.23 bits per heavy atom. The summed E-state index contributed by atoms with van der Waals surface area (Å²) >= 11 is 3.94. The molecule has 0 unspecified atom stereocenters. The van der Waals surface area contributed by atoms with Gasteiger partial charge in [-0.05, 0) is 0 Å². The maximum absolute atomic E-state index is 8.78. The summed E-state index contributed by atoms with van der Waals surface area (Å²) in [5.74, 6) is 0.